The van der Waals surface area contributed by atoms with Crippen molar-refractivity contribution in [2.75, 3.05) is 23.3 Å². The number of nitrogens with one attached hydrogen (secondary N) is 1. The predicted octanol–water partition coefficient (Wildman–Crippen LogP) is 9.33. The van der Waals surface area contributed by atoms with Gasteiger partial charge >= 0.3 is 0 Å². The minimum absolute atomic E-state index is 0.0692. The van der Waals surface area contributed by atoms with Gasteiger partial charge in [0.2, 0.25) is 5.91 Å². The smallest absolute Gasteiger partial charge is 0.224 e. The van der Waals surface area contributed by atoms with Crippen LogP contribution in [-0.4, -0.2) is 23.4 Å². The van der Waals surface area contributed by atoms with Gasteiger partial charge in [-0.25, -0.2) is 0 Å². The molecule has 0 aliphatic carbocycles. The molecule has 2 aromatic rings. The number of anilines is 2. The number of nitrogens with zero attached hydrogens (tertiary/aromatic N) is 5. The van der Waals surface area contributed by atoms with E-state index in [1.165, 1.54) is 38.5 Å². The fraction of sp³-hybridized carbons (Fsp3) is 0.633. The van der Waals surface area contributed by atoms with Crippen LogP contribution in [0.15, 0.2) is 28.4 Å². The summed E-state index contributed by atoms with van der Waals surface area (Å²) >= 11 is 1.16. The quantitative estimate of drug-likeness (QED) is 0.203. The molecule has 8 heteroatoms. The number of hydrogen-bond donors (Lipinski definition) is 1. The number of azo groups is 1. The molecule has 1 heterocycles. The second kappa shape index (κ2) is 16.9. The first-order valence-electron chi connectivity index (χ1n) is 14.4. The molecule has 0 saturated carbocycles. The Labute approximate surface area is 233 Å². The molecule has 208 valence electrons. The van der Waals surface area contributed by atoms with Crippen LogP contribution in [0, 0.1) is 30.1 Å². The van der Waals surface area contributed by atoms with Crippen molar-refractivity contribution >= 4 is 39.5 Å². The molecular formula is C30H46N6OS. The van der Waals surface area contributed by atoms with Crippen LogP contribution in [0.1, 0.15) is 104 Å². The van der Waals surface area contributed by atoms with Crippen LogP contribution in [-0.2, 0) is 4.79 Å². The highest BCUT2D eigenvalue weighted by Crippen LogP contribution is 2.35. The van der Waals surface area contributed by atoms with E-state index in [0.717, 1.165) is 43.2 Å². The van der Waals surface area contributed by atoms with Crippen molar-refractivity contribution < 1.29 is 4.79 Å². The monoisotopic (exact) mass is 538 g/mol. The highest BCUT2D eigenvalue weighted by molar-refractivity contribution is 7.10. The van der Waals surface area contributed by atoms with Crippen molar-refractivity contribution in [2.24, 2.45) is 22.1 Å². The van der Waals surface area contributed by atoms with Gasteiger partial charge in [-0.15, -0.1) is 10.2 Å². The summed E-state index contributed by atoms with van der Waals surface area (Å²) in [6.45, 7) is 14.7. The number of hydrogen-bond acceptors (Lipinski definition) is 7. The lowest BCUT2D eigenvalue weighted by Gasteiger charge is -2.33. The van der Waals surface area contributed by atoms with Crippen molar-refractivity contribution in [3.63, 3.8) is 0 Å². The second-order valence-corrected chi connectivity index (χ2v) is 10.9. The molecule has 1 aromatic carbocycles. The Kier molecular flexibility index (Phi) is 14.0. The van der Waals surface area contributed by atoms with Gasteiger partial charge in [0.1, 0.15) is 17.3 Å². The van der Waals surface area contributed by atoms with Gasteiger partial charge in [-0.05, 0) is 61.3 Å². The Bertz CT molecular complexity index is 1060. The molecule has 2 unspecified atom stereocenters. The van der Waals surface area contributed by atoms with E-state index in [1.807, 2.05) is 19.1 Å². The molecular weight excluding hydrogens is 492 g/mol. The van der Waals surface area contributed by atoms with Gasteiger partial charge < -0.3 is 10.2 Å². The molecule has 0 fully saturated rings. The number of unbranched alkanes of at least 4 members (excludes halogenated alkanes) is 2. The van der Waals surface area contributed by atoms with Gasteiger partial charge in [0.15, 0.2) is 5.00 Å². The number of amides is 1. The van der Waals surface area contributed by atoms with Crippen LogP contribution in [0.5, 0.6) is 0 Å². The summed E-state index contributed by atoms with van der Waals surface area (Å²) in [5.74, 6) is 1.19. The number of carbonyl (C=O) groups excluding carboxylic acids is 1. The molecule has 0 saturated heterocycles. The lowest BCUT2D eigenvalue weighted by molar-refractivity contribution is -0.115. The lowest BCUT2D eigenvalue weighted by Crippen LogP contribution is -2.34. The Balaban J connectivity index is 2.46. The minimum atomic E-state index is -0.0692. The zero-order valence-electron chi connectivity index (χ0n) is 24.2. The van der Waals surface area contributed by atoms with Crippen molar-refractivity contribution in [1.29, 1.82) is 5.26 Å². The maximum atomic E-state index is 12.4. The predicted molar refractivity (Wildman–Crippen MR) is 160 cm³/mol. The normalized spacial score (nSPS) is 12.9. The van der Waals surface area contributed by atoms with E-state index >= 15 is 0 Å². The molecule has 2 atom stereocenters. The van der Waals surface area contributed by atoms with Crippen LogP contribution in [0.3, 0.4) is 0 Å². The van der Waals surface area contributed by atoms with Crippen LogP contribution in [0.25, 0.3) is 0 Å². The summed E-state index contributed by atoms with van der Waals surface area (Å²) in [6, 6.07) is 8.22. The number of benzene rings is 1. The van der Waals surface area contributed by atoms with Crippen LogP contribution < -0.4 is 10.2 Å². The average Bonchev–Trinajstić information content (AvgIpc) is 3.30. The summed E-state index contributed by atoms with van der Waals surface area (Å²) < 4.78 is 4.22. The third-order valence-electron chi connectivity index (χ3n) is 7.19. The van der Waals surface area contributed by atoms with Crippen molar-refractivity contribution in [2.45, 2.75) is 99.3 Å². The number of nitriles is 1. The van der Waals surface area contributed by atoms with E-state index < -0.39 is 0 Å². The first-order valence-corrected chi connectivity index (χ1v) is 15.1. The maximum Gasteiger partial charge on any atom is 0.224 e. The van der Waals surface area contributed by atoms with Gasteiger partial charge in [0.05, 0.1) is 11.4 Å². The largest absolute Gasteiger partial charge is 0.371 e. The molecule has 0 aliphatic heterocycles. The van der Waals surface area contributed by atoms with Crippen LogP contribution >= 0.6 is 11.5 Å². The SMILES string of the molecule is CCCCC(CC)CN(CC(CC)CCCC)c1ccc(/N=N/c2snc(C)c2C#N)c(NC(=O)CC)c1. The molecule has 0 spiro atoms. The number of rotatable bonds is 17. The summed E-state index contributed by atoms with van der Waals surface area (Å²) in [5.41, 5.74) is 3.41. The topological polar surface area (TPSA) is 93.7 Å². The summed E-state index contributed by atoms with van der Waals surface area (Å²) in [5, 5.41) is 21.7. The number of aromatic nitrogens is 1. The summed E-state index contributed by atoms with van der Waals surface area (Å²) in [7, 11) is 0. The molecule has 0 radical (unpaired) electrons. The number of carbonyl (C=O) groups is 1. The van der Waals surface area contributed by atoms with Crippen molar-refractivity contribution in [1.82, 2.24) is 4.37 Å². The van der Waals surface area contributed by atoms with Crippen molar-refractivity contribution in [3.8, 4) is 6.07 Å². The third kappa shape index (κ3) is 9.50. The third-order valence-corrected chi connectivity index (χ3v) is 8.01. The maximum absolute atomic E-state index is 12.4. The zero-order chi connectivity index (χ0) is 27.9. The average molecular weight is 539 g/mol. The zero-order valence-corrected chi connectivity index (χ0v) is 25.0. The standard InChI is InChI=1S/C30H46N6OS/c1-7-12-14-23(9-3)20-36(21-24(10-4)15-13-8-2)25-16-17-27(28(18-25)32-29(37)11-5)33-34-30-26(19-31)22(6)35-38-30/h16-18,23-24H,7-15,20-21H2,1-6H3,(H,32,37)/b34-33+. The summed E-state index contributed by atoms with van der Waals surface area (Å²) in [4.78, 5) is 15.0. The Hall–Kier alpha value is -2.79. The lowest BCUT2D eigenvalue weighted by atomic mass is 9.95. The Morgan fingerprint density at radius 2 is 1.68 bits per heavy atom. The highest BCUT2D eigenvalue weighted by atomic mass is 32.1. The van der Waals surface area contributed by atoms with Crippen LogP contribution in [0.2, 0.25) is 0 Å². The molecule has 7 nitrogen and oxygen atoms in total. The van der Waals surface area contributed by atoms with E-state index in [2.05, 4.69) is 64.6 Å². The van der Waals surface area contributed by atoms with E-state index in [1.54, 1.807) is 6.92 Å². The van der Waals surface area contributed by atoms with Gasteiger partial charge in [-0.2, -0.15) is 9.64 Å². The van der Waals surface area contributed by atoms with E-state index in [0.29, 0.717) is 45.9 Å². The van der Waals surface area contributed by atoms with Gasteiger partial charge in [-0.1, -0.05) is 73.1 Å². The summed E-state index contributed by atoms with van der Waals surface area (Å²) in [6.07, 6.45) is 10.1. The highest BCUT2D eigenvalue weighted by Gasteiger charge is 2.19. The Morgan fingerprint density at radius 3 is 2.21 bits per heavy atom. The fourth-order valence-corrected chi connectivity index (χ4v) is 5.22. The molecule has 1 amide bonds. The Morgan fingerprint density at radius 1 is 1.05 bits per heavy atom. The molecule has 0 bridgehead atoms. The minimum Gasteiger partial charge on any atom is -0.371 e. The molecule has 1 aromatic heterocycles. The fourth-order valence-electron chi connectivity index (χ4n) is 4.54. The first kappa shape index (κ1) is 31.4. The van der Waals surface area contributed by atoms with Crippen molar-refractivity contribution in [3.05, 3.63) is 29.5 Å². The molecule has 0 aliphatic rings. The second-order valence-electron chi connectivity index (χ2n) is 10.1. The van der Waals surface area contributed by atoms with E-state index in [4.69, 9.17) is 0 Å². The van der Waals surface area contributed by atoms with E-state index in [9.17, 15) is 10.1 Å². The molecule has 1 N–H and O–H groups in total. The van der Waals surface area contributed by atoms with E-state index in [-0.39, 0.29) is 5.91 Å². The molecule has 38 heavy (non-hydrogen) atoms. The van der Waals surface area contributed by atoms with Crippen LogP contribution in [0.4, 0.5) is 22.1 Å². The van der Waals surface area contributed by atoms with Gasteiger partial charge in [0, 0.05) is 25.2 Å². The van der Waals surface area contributed by atoms with Gasteiger partial charge in [-0.3, -0.25) is 4.79 Å². The number of aryl methyl sites for hydroxylation is 1. The van der Waals surface area contributed by atoms with Gasteiger partial charge in [0.25, 0.3) is 0 Å². The first-order chi connectivity index (χ1) is 18.4. The molecule has 2 rings (SSSR count).